The van der Waals surface area contributed by atoms with Crippen molar-refractivity contribution < 1.29 is 0 Å². The normalized spacial score (nSPS) is 12.4. The first-order valence-corrected chi connectivity index (χ1v) is 18.2. The first kappa shape index (κ1) is 26.7. The molecule has 0 amide bonds. The first-order chi connectivity index (χ1) is 18.7. The van der Waals surface area contributed by atoms with Crippen LogP contribution in [0.2, 0.25) is 0 Å². The van der Waals surface area contributed by atoms with Crippen LogP contribution in [-0.4, -0.2) is 0 Å². The van der Waals surface area contributed by atoms with Crippen LogP contribution < -0.4 is 0 Å². The second-order valence-electron chi connectivity index (χ2n) is 11.1. The smallest absolute Gasteiger partial charge is 0.0542 e. The van der Waals surface area contributed by atoms with E-state index >= 15 is 0 Å². The molecule has 0 atom stereocenters. The van der Waals surface area contributed by atoms with Gasteiger partial charge in [-0.05, 0) is 72.9 Å². The molecule has 0 aliphatic rings. The minimum Gasteiger partial charge on any atom is -0.140 e. The third-order valence-corrected chi connectivity index (χ3v) is 12.8. The summed E-state index contributed by atoms with van der Waals surface area (Å²) in [5.41, 5.74) is 0. The number of thiophene rings is 4. The number of fused-ring (bicyclic) bond motifs is 7. The molecule has 0 saturated carbocycles. The fourth-order valence-electron chi connectivity index (χ4n) is 5.84. The van der Waals surface area contributed by atoms with E-state index in [1.54, 1.807) is 9.75 Å². The van der Waals surface area contributed by atoms with Gasteiger partial charge in [0.25, 0.3) is 0 Å². The lowest BCUT2D eigenvalue weighted by molar-refractivity contribution is 0.609. The van der Waals surface area contributed by atoms with Crippen LogP contribution in [0, 0.1) is 0 Å². The quantitative estimate of drug-likeness (QED) is 0.113. The molecule has 0 aliphatic carbocycles. The van der Waals surface area contributed by atoms with Crippen molar-refractivity contribution in [3.8, 4) is 0 Å². The summed E-state index contributed by atoms with van der Waals surface area (Å²) in [7, 11) is 0. The molecular formula is C34H40S4. The first-order valence-electron chi connectivity index (χ1n) is 15.0. The summed E-state index contributed by atoms with van der Waals surface area (Å²) in [6.45, 7) is 4.59. The summed E-state index contributed by atoms with van der Waals surface area (Å²) in [5, 5.41) is 5.83. The maximum absolute atomic E-state index is 2.49. The van der Waals surface area contributed by atoms with Crippen molar-refractivity contribution in [3.05, 3.63) is 46.2 Å². The molecule has 0 N–H and O–H groups in total. The Kier molecular flexibility index (Phi) is 8.71. The summed E-state index contributed by atoms with van der Waals surface area (Å²) in [5.74, 6) is 0. The van der Waals surface area contributed by atoms with Gasteiger partial charge in [-0.25, -0.2) is 0 Å². The zero-order chi connectivity index (χ0) is 25.9. The molecule has 0 fully saturated rings. The maximum Gasteiger partial charge on any atom is 0.0542 e. The Hall–Kier alpha value is -1.46. The third kappa shape index (κ3) is 5.70. The van der Waals surface area contributed by atoms with Crippen molar-refractivity contribution in [1.29, 1.82) is 0 Å². The van der Waals surface area contributed by atoms with Gasteiger partial charge in [0, 0.05) is 39.3 Å². The molecule has 0 nitrogen and oxygen atoms in total. The van der Waals surface area contributed by atoms with Gasteiger partial charge in [0.2, 0.25) is 0 Å². The van der Waals surface area contributed by atoms with Gasteiger partial charge >= 0.3 is 0 Å². The fraction of sp³-hybridized carbons (Fsp3) is 0.471. The van der Waals surface area contributed by atoms with Gasteiger partial charge in [0.15, 0.2) is 0 Å². The molecule has 0 unspecified atom stereocenters. The van der Waals surface area contributed by atoms with Crippen LogP contribution in [-0.2, 0) is 12.8 Å². The lowest BCUT2D eigenvalue weighted by atomic mass is 10.1. The zero-order valence-corrected chi connectivity index (χ0v) is 26.3. The van der Waals surface area contributed by atoms with E-state index < -0.39 is 0 Å². The van der Waals surface area contributed by atoms with Crippen LogP contribution in [0.3, 0.4) is 0 Å². The molecule has 6 aromatic rings. The minimum atomic E-state index is 1.25. The van der Waals surface area contributed by atoms with Crippen LogP contribution in [0.25, 0.3) is 49.7 Å². The van der Waals surface area contributed by atoms with Crippen LogP contribution in [0.5, 0.6) is 0 Å². The lowest BCUT2D eigenvalue weighted by Gasteiger charge is -1.98. The summed E-state index contributed by atoms with van der Waals surface area (Å²) in [4.78, 5) is 3.13. The number of hydrogen-bond donors (Lipinski definition) is 0. The number of aryl methyl sites for hydroxylation is 2. The van der Waals surface area contributed by atoms with E-state index in [4.69, 9.17) is 0 Å². The highest BCUT2D eigenvalue weighted by atomic mass is 32.1. The average Bonchev–Trinajstić information content (AvgIpc) is 3.66. The molecule has 0 radical (unpaired) electrons. The largest absolute Gasteiger partial charge is 0.140 e. The molecule has 200 valence electrons. The van der Waals surface area contributed by atoms with Crippen LogP contribution in [0.1, 0.15) is 101 Å². The van der Waals surface area contributed by atoms with Gasteiger partial charge in [-0.2, -0.15) is 0 Å². The SMILES string of the molecule is CCCCCCCCc1cc2cc3c(cc2s1)sc1c2cc4cc(CCCCCCCC)sc4cc2sc31. The Morgan fingerprint density at radius 3 is 1.29 bits per heavy atom. The van der Waals surface area contributed by atoms with Crippen LogP contribution in [0.4, 0.5) is 0 Å². The molecule has 0 saturated heterocycles. The Morgan fingerprint density at radius 1 is 0.421 bits per heavy atom. The number of hydrogen-bond acceptors (Lipinski definition) is 4. The van der Waals surface area contributed by atoms with Crippen LogP contribution in [0.15, 0.2) is 36.4 Å². The molecule has 4 heteroatoms. The van der Waals surface area contributed by atoms with Crippen LogP contribution >= 0.6 is 45.3 Å². The van der Waals surface area contributed by atoms with E-state index in [2.05, 4.69) is 50.2 Å². The highest BCUT2D eigenvalue weighted by Gasteiger charge is 2.15. The molecule has 4 aromatic heterocycles. The summed E-state index contributed by atoms with van der Waals surface area (Å²) < 4.78 is 8.85. The van der Waals surface area contributed by atoms with E-state index in [1.807, 2.05) is 45.3 Å². The Balaban J connectivity index is 1.21. The standard InChI is InChI=1S/C34H40S4/c1-3-5-7-9-11-13-15-25-17-23-19-27-31(21-29(23)35-25)37-34-28-20-24-18-26(16-14-12-10-8-6-4-2)36-30(24)22-32(28)38-33(27)34/h17-22H,3-16H2,1-2H3. The molecule has 0 bridgehead atoms. The second kappa shape index (κ2) is 12.4. The van der Waals surface area contributed by atoms with Gasteiger partial charge in [0.05, 0.1) is 9.40 Å². The van der Waals surface area contributed by atoms with E-state index in [-0.39, 0.29) is 0 Å². The fourth-order valence-corrected chi connectivity index (χ4v) is 10.9. The van der Waals surface area contributed by atoms with Gasteiger partial charge in [-0.3, -0.25) is 0 Å². The highest BCUT2D eigenvalue weighted by molar-refractivity contribution is 7.37. The van der Waals surface area contributed by atoms with Gasteiger partial charge in [-0.15, -0.1) is 45.3 Å². The Labute approximate surface area is 243 Å². The number of unbranched alkanes of at least 4 members (excludes halogenated alkanes) is 10. The van der Waals surface area contributed by atoms with Crippen molar-refractivity contribution in [2.75, 3.05) is 0 Å². The van der Waals surface area contributed by atoms with Crippen molar-refractivity contribution in [2.24, 2.45) is 0 Å². The topological polar surface area (TPSA) is 0 Å². The predicted molar refractivity (Wildman–Crippen MR) is 180 cm³/mol. The third-order valence-electron chi connectivity index (χ3n) is 8.01. The molecule has 38 heavy (non-hydrogen) atoms. The summed E-state index contributed by atoms with van der Waals surface area (Å²) in [6, 6.07) is 14.9. The molecule has 4 heterocycles. The summed E-state index contributed by atoms with van der Waals surface area (Å²) >= 11 is 8.07. The lowest BCUT2D eigenvalue weighted by Crippen LogP contribution is -1.82. The van der Waals surface area contributed by atoms with E-state index in [0.29, 0.717) is 0 Å². The van der Waals surface area contributed by atoms with Crippen molar-refractivity contribution >= 4 is 95.1 Å². The van der Waals surface area contributed by atoms with Crippen molar-refractivity contribution in [2.45, 2.75) is 104 Å². The molecular weight excluding hydrogens is 537 g/mol. The number of benzene rings is 2. The highest BCUT2D eigenvalue weighted by Crippen LogP contribution is 2.47. The van der Waals surface area contributed by atoms with E-state index in [9.17, 15) is 0 Å². The zero-order valence-electron chi connectivity index (χ0n) is 23.0. The Bertz CT molecular complexity index is 1530. The van der Waals surface area contributed by atoms with Crippen molar-refractivity contribution in [1.82, 2.24) is 0 Å². The average molecular weight is 577 g/mol. The maximum atomic E-state index is 2.49. The second-order valence-corrected chi connectivity index (χ2v) is 15.5. The predicted octanol–water partition coefficient (Wildman–Crippen LogP) is 13.5. The molecule has 0 spiro atoms. The molecule has 6 rings (SSSR count). The van der Waals surface area contributed by atoms with Gasteiger partial charge in [-0.1, -0.05) is 78.1 Å². The number of rotatable bonds is 14. The summed E-state index contributed by atoms with van der Waals surface area (Å²) in [6.07, 6.45) is 19.0. The molecule has 0 aliphatic heterocycles. The van der Waals surface area contributed by atoms with Gasteiger partial charge in [0.1, 0.15) is 0 Å². The Morgan fingerprint density at radius 2 is 0.842 bits per heavy atom. The van der Waals surface area contributed by atoms with Crippen molar-refractivity contribution in [3.63, 3.8) is 0 Å². The molecule has 2 aromatic carbocycles. The van der Waals surface area contributed by atoms with E-state index in [1.165, 1.54) is 140 Å². The monoisotopic (exact) mass is 576 g/mol. The minimum absolute atomic E-state index is 1.25. The van der Waals surface area contributed by atoms with E-state index in [0.717, 1.165) is 0 Å². The van der Waals surface area contributed by atoms with Gasteiger partial charge < -0.3 is 0 Å².